The Bertz CT molecular complexity index is 1540. The second kappa shape index (κ2) is 11.2. The van der Waals surface area contributed by atoms with Crippen LogP contribution in [0.1, 0.15) is 38.7 Å². The van der Waals surface area contributed by atoms with Crippen molar-refractivity contribution in [3.63, 3.8) is 0 Å². The van der Waals surface area contributed by atoms with E-state index in [1.165, 1.54) is 11.8 Å². The number of methoxy groups -OCH3 is 1. The van der Waals surface area contributed by atoms with Crippen molar-refractivity contribution in [2.24, 2.45) is 11.8 Å². The monoisotopic (exact) mass is 562 g/mol. The molecular weight excluding hydrogens is 524 g/mol. The summed E-state index contributed by atoms with van der Waals surface area (Å²) < 4.78 is 29.2. The first-order chi connectivity index (χ1) is 19.1. The Morgan fingerprint density at radius 3 is 2.65 bits per heavy atom. The predicted octanol–water partition coefficient (Wildman–Crippen LogP) is 4.24. The van der Waals surface area contributed by atoms with Gasteiger partial charge < -0.3 is 19.9 Å². The molecule has 5 rings (SSSR count). The van der Waals surface area contributed by atoms with E-state index in [0.717, 1.165) is 36.0 Å². The lowest BCUT2D eigenvalue weighted by Crippen LogP contribution is -2.57. The largest absolute Gasteiger partial charge is 0.380 e. The number of hydrogen-bond donors (Lipinski definition) is 1. The number of ether oxygens (including phenoxy) is 1. The average Bonchev–Trinajstić information content (AvgIpc) is 2.93. The highest BCUT2D eigenvalue weighted by atomic mass is 32.2. The van der Waals surface area contributed by atoms with Gasteiger partial charge in [0, 0.05) is 68.4 Å². The second-order valence-electron chi connectivity index (χ2n) is 11.3. The van der Waals surface area contributed by atoms with Gasteiger partial charge in [-0.1, -0.05) is 25.8 Å². The van der Waals surface area contributed by atoms with Gasteiger partial charge >= 0.3 is 0 Å². The summed E-state index contributed by atoms with van der Waals surface area (Å²) in [4.78, 5) is 18.4. The van der Waals surface area contributed by atoms with Gasteiger partial charge in [0.1, 0.15) is 21.5 Å². The van der Waals surface area contributed by atoms with Gasteiger partial charge in [-0.25, -0.2) is 18.4 Å². The zero-order chi connectivity index (χ0) is 28.6. The van der Waals surface area contributed by atoms with Crippen molar-refractivity contribution >= 4 is 43.9 Å². The smallest absolute Gasteiger partial charge is 0.227 e. The molecule has 0 spiro atoms. The molecule has 3 unspecified atom stereocenters. The zero-order valence-corrected chi connectivity index (χ0v) is 24.6. The first-order valence-corrected chi connectivity index (χ1v) is 15.8. The number of terminal acetylenes is 1. The van der Waals surface area contributed by atoms with Crippen molar-refractivity contribution in [1.82, 2.24) is 15.0 Å². The number of sulfone groups is 1. The van der Waals surface area contributed by atoms with E-state index in [-0.39, 0.29) is 29.7 Å². The maximum absolute atomic E-state index is 11.8. The Balaban J connectivity index is 1.40. The van der Waals surface area contributed by atoms with Gasteiger partial charge in [0.2, 0.25) is 5.95 Å². The quantitative estimate of drug-likeness (QED) is 0.404. The number of nitrogens with zero attached hydrogens (tertiary/aromatic N) is 5. The Morgan fingerprint density at radius 1 is 1.18 bits per heavy atom. The van der Waals surface area contributed by atoms with Gasteiger partial charge in [0.25, 0.3) is 0 Å². The molecule has 0 aliphatic carbocycles. The van der Waals surface area contributed by atoms with E-state index in [1.807, 2.05) is 12.3 Å². The molecule has 2 fully saturated rings. The van der Waals surface area contributed by atoms with Crippen LogP contribution in [0.5, 0.6) is 0 Å². The topological polar surface area (TPSA) is 101 Å². The summed E-state index contributed by atoms with van der Waals surface area (Å²) in [5.74, 6) is 5.48. The zero-order valence-electron chi connectivity index (χ0n) is 23.8. The van der Waals surface area contributed by atoms with Gasteiger partial charge in [-0.3, -0.25) is 0 Å². The molecule has 0 saturated carbocycles. The lowest BCUT2D eigenvalue weighted by Gasteiger charge is -2.48. The molecule has 4 atom stereocenters. The van der Waals surface area contributed by atoms with E-state index >= 15 is 0 Å². The summed E-state index contributed by atoms with van der Waals surface area (Å²) in [6.07, 6.45) is 11.6. The summed E-state index contributed by atoms with van der Waals surface area (Å²) in [7, 11) is -1.31. The van der Waals surface area contributed by atoms with Gasteiger partial charge in [-0.2, -0.15) is 4.98 Å². The third-order valence-corrected chi connectivity index (χ3v) is 9.25. The van der Waals surface area contributed by atoms with Crippen molar-refractivity contribution in [3.8, 4) is 12.3 Å². The van der Waals surface area contributed by atoms with E-state index in [2.05, 4.69) is 65.0 Å². The van der Waals surface area contributed by atoms with Crippen LogP contribution < -0.4 is 15.1 Å². The second-order valence-corrected chi connectivity index (χ2v) is 13.5. The standard InChI is InChI=1S/C30H38N6O3S/c1-7-21-16-35(13-11-27(21)39-5)30-31-12-10-28(34-30)33-29-14-24-23(19(2)3)8-9-26(25(24)15-32-29)36-17-22(20(36)4)18-40(6,37)38/h1,8-10,12,14-15,19-22,27H,11,13,16-18H2,2-6H3,(H,31,32,33,34)/t20-,21?,22?,27?/m1/s1. The van der Waals surface area contributed by atoms with Crippen LogP contribution in [0.15, 0.2) is 36.7 Å². The van der Waals surface area contributed by atoms with Crippen molar-refractivity contribution in [2.45, 2.75) is 45.3 Å². The molecule has 2 aromatic heterocycles. The molecule has 3 aromatic rings. The highest BCUT2D eigenvalue weighted by Crippen LogP contribution is 2.39. The number of anilines is 4. The molecule has 0 radical (unpaired) electrons. The number of piperidine rings is 1. The Kier molecular flexibility index (Phi) is 7.89. The highest BCUT2D eigenvalue weighted by Gasteiger charge is 2.38. The molecule has 1 N–H and O–H groups in total. The molecule has 0 amide bonds. The SMILES string of the molecule is C#CC1CN(c2nccc(Nc3cc4c(C(C)C)ccc(N5CC(CS(C)(=O)=O)[C@H]5C)c4cn3)n2)CCC1OC. The minimum atomic E-state index is -3.01. The molecule has 1 aromatic carbocycles. The number of pyridine rings is 1. The molecule has 2 aliphatic heterocycles. The number of fused-ring (bicyclic) bond motifs is 1. The van der Waals surface area contributed by atoms with Crippen molar-refractivity contribution < 1.29 is 13.2 Å². The van der Waals surface area contributed by atoms with Crippen LogP contribution in [0.2, 0.25) is 0 Å². The Labute approximate surface area is 237 Å². The van der Waals surface area contributed by atoms with Crippen molar-refractivity contribution in [1.29, 1.82) is 0 Å². The summed E-state index contributed by atoms with van der Waals surface area (Å²) in [6, 6.07) is 8.37. The van der Waals surface area contributed by atoms with Crippen molar-refractivity contribution in [3.05, 3.63) is 42.2 Å². The van der Waals surface area contributed by atoms with Crippen LogP contribution in [-0.2, 0) is 14.6 Å². The van der Waals surface area contributed by atoms with Gasteiger partial charge in [-0.15, -0.1) is 6.42 Å². The third-order valence-electron chi connectivity index (χ3n) is 8.21. The van der Waals surface area contributed by atoms with Gasteiger partial charge in [0.15, 0.2) is 0 Å². The lowest BCUT2D eigenvalue weighted by molar-refractivity contribution is 0.0573. The molecule has 0 bridgehead atoms. The lowest BCUT2D eigenvalue weighted by atomic mass is 9.88. The van der Waals surface area contributed by atoms with Crippen LogP contribution in [0, 0.1) is 24.2 Å². The number of benzene rings is 1. The van der Waals surface area contributed by atoms with Crippen LogP contribution in [0.4, 0.5) is 23.3 Å². The Hall–Kier alpha value is -3.42. The van der Waals surface area contributed by atoms with E-state index in [4.69, 9.17) is 21.1 Å². The van der Waals surface area contributed by atoms with E-state index in [9.17, 15) is 8.42 Å². The van der Waals surface area contributed by atoms with Crippen LogP contribution in [0.25, 0.3) is 10.8 Å². The fourth-order valence-electron chi connectivity index (χ4n) is 5.91. The minimum Gasteiger partial charge on any atom is -0.380 e. The van der Waals surface area contributed by atoms with Crippen LogP contribution >= 0.6 is 0 Å². The fourth-order valence-corrected chi connectivity index (χ4v) is 7.07. The molecule has 9 nitrogen and oxygen atoms in total. The number of hydrogen-bond acceptors (Lipinski definition) is 9. The first kappa shape index (κ1) is 28.1. The molecule has 2 aliphatic rings. The number of aromatic nitrogens is 3. The maximum atomic E-state index is 11.8. The summed E-state index contributed by atoms with van der Waals surface area (Å²) in [5.41, 5.74) is 2.32. The molecule has 4 heterocycles. The summed E-state index contributed by atoms with van der Waals surface area (Å²) in [5, 5.41) is 5.55. The molecule has 10 heteroatoms. The van der Waals surface area contributed by atoms with E-state index < -0.39 is 9.84 Å². The van der Waals surface area contributed by atoms with E-state index in [0.29, 0.717) is 30.0 Å². The van der Waals surface area contributed by atoms with Gasteiger partial charge in [0.05, 0.1) is 17.8 Å². The van der Waals surface area contributed by atoms with Crippen LogP contribution in [0.3, 0.4) is 0 Å². The fraction of sp³-hybridized carbons (Fsp3) is 0.500. The number of rotatable bonds is 8. The average molecular weight is 563 g/mol. The first-order valence-electron chi connectivity index (χ1n) is 13.8. The Morgan fingerprint density at radius 2 is 1.98 bits per heavy atom. The number of nitrogens with one attached hydrogen (secondary N) is 1. The maximum Gasteiger partial charge on any atom is 0.227 e. The minimum absolute atomic E-state index is 0.0134. The van der Waals surface area contributed by atoms with Crippen LogP contribution in [-0.4, -0.2) is 74.3 Å². The van der Waals surface area contributed by atoms with E-state index in [1.54, 1.807) is 13.3 Å². The summed E-state index contributed by atoms with van der Waals surface area (Å²) >= 11 is 0. The molecule has 212 valence electrons. The predicted molar refractivity (Wildman–Crippen MR) is 161 cm³/mol. The van der Waals surface area contributed by atoms with Crippen molar-refractivity contribution in [2.75, 3.05) is 53.9 Å². The highest BCUT2D eigenvalue weighted by molar-refractivity contribution is 7.90. The molecule has 40 heavy (non-hydrogen) atoms. The summed E-state index contributed by atoms with van der Waals surface area (Å²) in [6.45, 7) is 8.60. The molecular formula is C30H38N6O3S. The normalized spacial score (nSPS) is 23.2. The van der Waals surface area contributed by atoms with Gasteiger partial charge in [-0.05, 0) is 48.4 Å². The molecule has 2 saturated heterocycles. The third kappa shape index (κ3) is 5.72.